The number of esters is 1. The van der Waals surface area contributed by atoms with Crippen molar-refractivity contribution in [1.82, 2.24) is 4.98 Å². The number of carbonyl (C=O) groups excluding carboxylic acids is 1. The van der Waals surface area contributed by atoms with Gasteiger partial charge >= 0.3 is 5.97 Å². The van der Waals surface area contributed by atoms with Crippen LogP contribution in [0.5, 0.6) is 5.75 Å². The highest BCUT2D eigenvalue weighted by Crippen LogP contribution is 2.32. The molecular weight excluding hydrogens is 546 g/mol. The second-order valence-electron chi connectivity index (χ2n) is 11.5. The van der Waals surface area contributed by atoms with E-state index in [0.717, 1.165) is 79.5 Å². The molecule has 1 aliphatic rings. The number of rotatable bonds is 15. The molecule has 1 fully saturated rings. The van der Waals surface area contributed by atoms with Crippen LogP contribution in [0.3, 0.4) is 0 Å². The number of thiophene rings is 1. The number of nitrogens with one attached hydrogen (secondary N) is 1. The van der Waals surface area contributed by atoms with Gasteiger partial charge in [-0.05, 0) is 66.4 Å². The average molecular weight is 591 g/mol. The van der Waals surface area contributed by atoms with E-state index in [0.29, 0.717) is 19.8 Å². The fourth-order valence-corrected chi connectivity index (χ4v) is 6.72. The smallest absolute Gasteiger partial charge is 0.310 e. The van der Waals surface area contributed by atoms with Crippen LogP contribution in [0.2, 0.25) is 0 Å². The lowest BCUT2D eigenvalue weighted by atomic mass is 10.1. The molecule has 1 aliphatic heterocycles. The van der Waals surface area contributed by atoms with E-state index in [-0.39, 0.29) is 11.5 Å². The van der Waals surface area contributed by atoms with E-state index in [1.807, 2.05) is 24.3 Å². The molecule has 0 atom stereocenters. The van der Waals surface area contributed by atoms with Crippen molar-refractivity contribution < 1.29 is 18.8 Å². The van der Waals surface area contributed by atoms with Gasteiger partial charge in [-0.2, -0.15) is 0 Å². The Balaban J connectivity index is 1.15. The first-order valence-corrected chi connectivity index (χ1v) is 16.4. The molecule has 224 valence electrons. The highest BCUT2D eigenvalue weighted by Gasteiger charge is 2.34. The van der Waals surface area contributed by atoms with Crippen molar-refractivity contribution in [3.63, 3.8) is 0 Å². The number of aromatic amines is 1. The molecule has 1 saturated heterocycles. The number of hydrogen-bond donors (Lipinski definition) is 1. The van der Waals surface area contributed by atoms with Gasteiger partial charge < -0.3 is 19.4 Å². The number of anilines is 1. The van der Waals surface area contributed by atoms with Crippen LogP contribution in [0.15, 0.2) is 64.8 Å². The van der Waals surface area contributed by atoms with Gasteiger partial charge in [0.15, 0.2) is 0 Å². The fraction of sp³-hybridized carbons (Fsp3) is 0.471. The first-order valence-electron chi connectivity index (χ1n) is 15.5. The lowest BCUT2D eigenvalue weighted by Gasteiger charge is -2.45. The van der Waals surface area contributed by atoms with Crippen LogP contribution in [0, 0.1) is 0 Å². The normalized spacial score (nSPS) is 14.8. The Bertz CT molecular complexity index is 1510. The zero-order valence-corrected chi connectivity index (χ0v) is 25.6. The van der Waals surface area contributed by atoms with E-state index in [1.165, 1.54) is 41.1 Å². The summed E-state index contributed by atoms with van der Waals surface area (Å²) in [6.45, 7) is 7.98. The van der Waals surface area contributed by atoms with Crippen molar-refractivity contribution in [2.75, 3.05) is 51.0 Å². The van der Waals surface area contributed by atoms with Crippen molar-refractivity contribution in [3.05, 3.63) is 70.3 Å². The number of unbranched alkanes of at least 4 members (excludes halogenated alkanes) is 5. The molecule has 0 aliphatic carbocycles. The van der Waals surface area contributed by atoms with E-state index >= 15 is 0 Å². The minimum Gasteiger partial charge on any atom is -0.494 e. The number of ether oxygens (including phenoxy) is 2. The number of quaternary nitrogens is 1. The monoisotopic (exact) mass is 590 g/mol. The molecular formula is C34H44N3O4S+. The zero-order valence-electron chi connectivity index (χ0n) is 24.8. The summed E-state index contributed by atoms with van der Waals surface area (Å²) in [5.74, 6) is 0.699. The van der Waals surface area contributed by atoms with Gasteiger partial charge in [0.1, 0.15) is 5.75 Å². The van der Waals surface area contributed by atoms with Crippen molar-refractivity contribution in [1.29, 1.82) is 0 Å². The largest absolute Gasteiger partial charge is 0.494 e. The Morgan fingerprint density at radius 2 is 1.81 bits per heavy atom. The molecule has 0 unspecified atom stereocenters. The van der Waals surface area contributed by atoms with E-state index in [4.69, 9.17) is 9.47 Å². The average Bonchev–Trinajstić information content (AvgIpc) is 3.49. The highest BCUT2D eigenvalue weighted by atomic mass is 32.1. The Labute approximate surface area is 252 Å². The molecule has 0 saturated carbocycles. The van der Waals surface area contributed by atoms with E-state index in [1.54, 1.807) is 11.3 Å². The van der Waals surface area contributed by atoms with Crippen LogP contribution in [-0.2, 0) is 9.53 Å². The van der Waals surface area contributed by atoms with Gasteiger partial charge in [-0.25, -0.2) is 0 Å². The number of hydrogen-bond acceptors (Lipinski definition) is 6. The van der Waals surface area contributed by atoms with Gasteiger partial charge in [0.05, 0.1) is 44.8 Å². The quantitative estimate of drug-likeness (QED) is 0.0909. The lowest BCUT2D eigenvalue weighted by molar-refractivity contribution is -0.944. The van der Waals surface area contributed by atoms with Crippen molar-refractivity contribution >= 4 is 44.0 Å². The summed E-state index contributed by atoms with van der Waals surface area (Å²) in [5, 5.41) is 4.48. The number of fused-ring (bicyclic) bond motifs is 2. The fourth-order valence-electron chi connectivity index (χ4n) is 5.91. The summed E-state index contributed by atoms with van der Waals surface area (Å²) in [6.07, 6.45) is 8.05. The summed E-state index contributed by atoms with van der Waals surface area (Å²) in [7, 11) is 0. The predicted octanol–water partition coefficient (Wildman–Crippen LogP) is 7.10. The van der Waals surface area contributed by atoms with E-state index in [2.05, 4.69) is 46.5 Å². The van der Waals surface area contributed by atoms with Gasteiger partial charge in [0, 0.05) is 34.3 Å². The molecule has 4 aromatic rings. The van der Waals surface area contributed by atoms with Gasteiger partial charge in [-0.3, -0.25) is 14.1 Å². The molecule has 2 aromatic heterocycles. The number of pyridine rings is 1. The maximum absolute atomic E-state index is 12.6. The standard InChI is InChI=1S/C34H43N3O4S/c1-2-3-4-5-6-12-34(39)41-26-37(21-18-36(19-22-37)31-10-9-11-32-29(31)17-24-42-32)20-7-8-23-40-28-15-13-27-14-16-33(38)35-30(27)25-28/h9-11,13-17,24-25H,2-8,12,18-23,26H2,1H3/p+1. The predicted molar refractivity (Wildman–Crippen MR) is 173 cm³/mol. The summed E-state index contributed by atoms with van der Waals surface area (Å²) < 4.78 is 14.1. The van der Waals surface area contributed by atoms with Crippen LogP contribution >= 0.6 is 11.3 Å². The van der Waals surface area contributed by atoms with Gasteiger partial charge in [-0.1, -0.05) is 38.7 Å². The molecule has 0 spiro atoms. The maximum atomic E-state index is 12.6. The molecule has 0 amide bonds. The molecule has 7 nitrogen and oxygen atoms in total. The minimum atomic E-state index is -0.113. The lowest BCUT2D eigenvalue weighted by Crippen LogP contribution is -2.61. The minimum absolute atomic E-state index is 0.0628. The molecule has 3 heterocycles. The summed E-state index contributed by atoms with van der Waals surface area (Å²) in [6, 6.07) is 18.0. The Morgan fingerprint density at radius 3 is 2.67 bits per heavy atom. The Hall–Kier alpha value is -3.36. The van der Waals surface area contributed by atoms with Crippen LogP contribution in [0.25, 0.3) is 21.0 Å². The third kappa shape index (κ3) is 7.92. The summed E-state index contributed by atoms with van der Waals surface area (Å²) in [4.78, 5) is 29.7. The molecule has 1 N–H and O–H groups in total. The van der Waals surface area contributed by atoms with Crippen LogP contribution in [0.4, 0.5) is 5.69 Å². The van der Waals surface area contributed by atoms with Gasteiger partial charge in [-0.15, -0.1) is 11.3 Å². The van der Waals surface area contributed by atoms with E-state index in [9.17, 15) is 9.59 Å². The number of aromatic nitrogens is 1. The van der Waals surface area contributed by atoms with Crippen LogP contribution < -0.4 is 15.2 Å². The first-order chi connectivity index (χ1) is 20.5. The van der Waals surface area contributed by atoms with Gasteiger partial charge in [0.2, 0.25) is 12.3 Å². The van der Waals surface area contributed by atoms with Crippen molar-refractivity contribution in [2.24, 2.45) is 0 Å². The Morgan fingerprint density at radius 1 is 0.976 bits per heavy atom. The van der Waals surface area contributed by atoms with Crippen molar-refractivity contribution in [2.45, 2.75) is 58.3 Å². The van der Waals surface area contributed by atoms with E-state index < -0.39 is 0 Å². The van der Waals surface area contributed by atoms with Crippen LogP contribution in [0.1, 0.15) is 58.3 Å². The number of nitrogens with zero attached hydrogens (tertiary/aromatic N) is 2. The maximum Gasteiger partial charge on any atom is 0.310 e. The molecule has 42 heavy (non-hydrogen) atoms. The summed E-state index contributed by atoms with van der Waals surface area (Å²) in [5.41, 5.74) is 1.98. The SMILES string of the molecule is CCCCCCCC(=O)OC[N+]1(CCCCOc2ccc3ccc(=O)[nH]c3c2)CCN(c2cccc3sccc23)CC1. The second-order valence-corrected chi connectivity index (χ2v) is 12.5. The number of carbonyl (C=O) groups is 1. The molecule has 2 aromatic carbocycles. The molecule has 0 radical (unpaired) electrons. The first kappa shape index (κ1) is 30.1. The second kappa shape index (κ2) is 14.7. The molecule has 5 rings (SSSR count). The number of benzene rings is 2. The molecule has 8 heteroatoms. The van der Waals surface area contributed by atoms with Gasteiger partial charge in [0.25, 0.3) is 0 Å². The summed E-state index contributed by atoms with van der Waals surface area (Å²) >= 11 is 1.79. The topological polar surface area (TPSA) is 71.6 Å². The third-order valence-electron chi connectivity index (χ3n) is 8.48. The third-order valence-corrected chi connectivity index (χ3v) is 9.36. The molecule has 0 bridgehead atoms. The van der Waals surface area contributed by atoms with Crippen LogP contribution in [-0.4, -0.2) is 61.5 Å². The number of piperazine rings is 1. The zero-order chi connectivity index (χ0) is 29.2. The highest BCUT2D eigenvalue weighted by molar-refractivity contribution is 7.17. The number of H-pyrrole nitrogens is 1. The van der Waals surface area contributed by atoms with Crippen molar-refractivity contribution in [3.8, 4) is 5.75 Å². The Kier molecular flexibility index (Phi) is 10.5.